The molecule has 0 radical (unpaired) electrons. The van der Waals surface area contributed by atoms with Crippen LogP contribution in [0.15, 0.2) is 36.4 Å². The standard InChI is InChI=1S/C26H31NO5/c1-6-13-31-14-15-32-26(30)21-12-8-11-20-22(21)25(29)27(24(20)28)23-18(16(2)3)9-7-10-19(23)17(4)5/h7-12,16-17H,6,13-15H2,1-5H3. The molecule has 170 valence electrons. The van der Waals surface area contributed by atoms with E-state index in [1.807, 2.05) is 52.8 Å². The zero-order valence-corrected chi connectivity index (χ0v) is 19.4. The van der Waals surface area contributed by atoms with Crippen LogP contribution in [0.1, 0.15) is 95.1 Å². The Balaban J connectivity index is 1.99. The summed E-state index contributed by atoms with van der Waals surface area (Å²) in [6, 6.07) is 10.6. The van der Waals surface area contributed by atoms with Crippen molar-refractivity contribution in [2.45, 2.75) is 52.9 Å². The van der Waals surface area contributed by atoms with Gasteiger partial charge in [-0.1, -0.05) is 58.9 Å². The van der Waals surface area contributed by atoms with Gasteiger partial charge in [0.15, 0.2) is 0 Å². The van der Waals surface area contributed by atoms with Gasteiger partial charge in [0.1, 0.15) is 6.61 Å². The first-order chi connectivity index (χ1) is 15.3. The zero-order chi connectivity index (χ0) is 23.4. The maximum absolute atomic E-state index is 13.6. The minimum absolute atomic E-state index is 0.0853. The number of fused-ring (bicyclic) bond motifs is 1. The van der Waals surface area contributed by atoms with E-state index in [0.717, 1.165) is 17.5 Å². The summed E-state index contributed by atoms with van der Waals surface area (Å²) in [6.45, 7) is 11.1. The Morgan fingerprint density at radius 3 is 2.09 bits per heavy atom. The van der Waals surface area contributed by atoms with Crippen molar-refractivity contribution >= 4 is 23.5 Å². The van der Waals surface area contributed by atoms with Gasteiger partial charge in [-0.25, -0.2) is 9.69 Å². The van der Waals surface area contributed by atoms with Crippen LogP contribution in [0.3, 0.4) is 0 Å². The molecule has 0 aromatic heterocycles. The van der Waals surface area contributed by atoms with E-state index >= 15 is 0 Å². The van der Waals surface area contributed by atoms with Gasteiger partial charge in [0, 0.05) is 6.61 Å². The van der Waals surface area contributed by atoms with E-state index in [1.54, 1.807) is 12.1 Å². The first kappa shape index (κ1) is 23.7. The van der Waals surface area contributed by atoms with Crippen LogP contribution in [-0.2, 0) is 9.47 Å². The van der Waals surface area contributed by atoms with Crippen LogP contribution in [0, 0.1) is 0 Å². The summed E-state index contributed by atoms with van der Waals surface area (Å²) in [4.78, 5) is 40.9. The van der Waals surface area contributed by atoms with Crippen molar-refractivity contribution in [3.05, 3.63) is 64.2 Å². The van der Waals surface area contributed by atoms with Gasteiger partial charge in [-0.15, -0.1) is 0 Å². The fraction of sp³-hybridized carbons (Fsp3) is 0.423. The smallest absolute Gasteiger partial charge is 0.339 e. The molecule has 0 atom stereocenters. The Morgan fingerprint density at radius 1 is 0.875 bits per heavy atom. The Kier molecular flexibility index (Phi) is 7.46. The molecule has 6 heteroatoms. The summed E-state index contributed by atoms with van der Waals surface area (Å²) in [7, 11) is 0. The number of para-hydroxylation sites is 1. The molecule has 2 amide bonds. The van der Waals surface area contributed by atoms with Gasteiger partial charge in [-0.3, -0.25) is 9.59 Å². The molecule has 0 saturated carbocycles. The molecule has 1 aliphatic heterocycles. The lowest BCUT2D eigenvalue weighted by atomic mass is 9.92. The fourth-order valence-electron chi connectivity index (χ4n) is 3.95. The highest BCUT2D eigenvalue weighted by molar-refractivity contribution is 6.36. The molecular weight excluding hydrogens is 406 g/mol. The third-order valence-corrected chi connectivity index (χ3v) is 5.51. The van der Waals surface area contributed by atoms with E-state index in [2.05, 4.69) is 0 Å². The first-order valence-electron chi connectivity index (χ1n) is 11.2. The highest BCUT2D eigenvalue weighted by atomic mass is 16.6. The molecule has 0 bridgehead atoms. The second-order valence-corrected chi connectivity index (χ2v) is 8.52. The quantitative estimate of drug-likeness (QED) is 0.302. The Morgan fingerprint density at radius 2 is 1.50 bits per heavy atom. The van der Waals surface area contributed by atoms with Crippen molar-refractivity contribution in [1.82, 2.24) is 0 Å². The highest BCUT2D eigenvalue weighted by Crippen LogP contribution is 2.40. The van der Waals surface area contributed by atoms with Crippen molar-refractivity contribution in [2.75, 3.05) is 24.7 Å². The molecule has 1 aliphatic rings. The normalized spacial score (nSPS) is 13.3. The van der Waals surface area contributed by atoms with Crippen LogP contribution in [0.25, 0.3) is 0 Å². The van der Waals surface area contributed by atoms with Crippen LogP contribution in [0.4, 0.5) is 5.69 Å². The highest BCUT2D eigenvalue weighted by Gasteiger charge is 2.42. The lowest BCUT2D eigenvalue weighted by Crippen LogP contribution is -2.32. The maximum Gasteiger partial charge on any atom is 0.339 e. The van der Waals surface area contributed by atoms with Gasteiger partial charge in [0.2, 0.25) is 0 Å². The number of anilines is 1. The number of esters is 1. The van der Waals surface area contributed by atoms with Crippen molar-refractivity contribution in [3.63, 3.8) is 0 Å². The van der Waals surface area contributed by atoms with Gasteiger partial charge in [0.25, 0.3) is 11.8 Å². The van der Waals surface area contributed by atoms with Crippen molar-refractivity contribution < 1.29 is 23.9 Å². The molecule has 32 heavy (non-hydrogen) atoms. The Bertz CT molecular complexity index is 999. The van der Waals surface area contributed by atoms with Crippen molar-refractivity contribution in [1.29, 1.82) is 0 Å². The van der Waals surface area contributed by atoms with E-state index in [9.17, 15) is 14.4 Å². The monoisotopic (exact) mass is 437 g/mol. The number of hydrogen-bond donors (Lipinski definition) is 0. The van der Waals surface area contributed by atoms with Crippen LogP contribution >= 0.6 is 0 Å². The Hall–Kier alpha value is -2.99. The van der Waals surface area contributed by atoms with Crippen LogP contribution < -0.4 is 4.90 Å². The maximum atomic E-state index is 13.6. The summed E-state index contributed by atoms with van der Waals surface area (Å²) in [5.74, 6) is -1.32. The molecule has 3 rings (SSSR count). The number of rotatable bonds is 9. The predicted molar refractivity (Wildman–Crippen MR) is 124 cm³/mol. The van der Waals surface area contributed by atoms with E-state index in [0.29, 0.717) is 12.3 Å². The number of amides is 2. The third kappa shape index (κ3) is 4.46. The summed E-state index contributed by atoms with van der Waals surface area (Å²) >= 11 is 0. The second kappa shape index (κ2) is 10.1. The predicted octanol–water partition coefficient (Wildman–Crippen LogP) is 5.32. The molecule has 0 fully saturated rings. The fourth-order valence-corrected chi connectivity index (χ4v) is 3.95. The van der Waals surface area contributed by atoms with Gasteiger partial charge >= 0.3 is 5.97 Å². The summed E-state index contributed by atoms with van der Waals surface area (Å²) < 4.78 is 10.6. The summed E-state index contributed by atoms with van der Waals surface area (Å²) in [6.07, 6.45) is 0.878. The topological polar surface area (TPSA) is 72.9 Å². The molecule has 0 saturated heterocycles. The van der Waals surface area contributed by atoms with E-state index in [1.165, 1.54) is 11.0 Å². The molecule has 2 aromatic carbocycles. The number of ether oxygens (including phenoxy) is 2. The second-order valence-electron chi connectivity index (χ2n) is 8.52. The number of hydrogen-bond acceptors (Lipinski definition) is 5. The number of nitrogens with zero attached hydrogens (tertiary/aromatic N) is 1. The van der Waals surface area contributed by atoms with Crippen LogP contribution in [0.5, 0.6) is 0 Å². The third-order valence-electron chi connectivity index (χ3n) is 5.51. The molecule has 1 heterocycles. The molecular formula is C26H31NO5. The van der Waals surface area contributed by atoms with Gasteiger partial charge in [-0.05, 0) is 41.5 Å². The molecule has 6 nitrogen and oxygen atoms in total. The average molecular weight is 438 g/mol. The molecule has 0 aliphatic carbocycles. The van der Waals surface area contributed by atoms with Crippen molar-refractivity contribution in [3.8, 4) is 0 Å². The van der Waals surface area contributed by atoms with Crippen LogP contribution in [-0.4, -0.2) is 37.6 Å². The lowest BCUT2D eigenvalue weighted by Gasteiger charge is -2.25. The van der Waals surface area contributed by atoms with E-state index in [-0.39, 0.29) is 41.7 Å². The van der Waals surface area contributed by atoms with E-state index < -0.39 is 17.8 Å². The van der Waals surface area contributed by atoms with Gasteiger partial charge < -0.3 is 9.47 Å². The van der Waals surface area contributed by atoms with Gasteiger partial charge in [0.05, 0.1) is 29.0 Å². The van der Waals surface area contributed by atoms with Crippen molar-refractivity contribution in [2.24, 2.45) is 0 Å². The zero-order valence-electron chi connectivity index (χ0n) is 19.4. The molecule has 0 N–H and O–H groups in total. The first-order valence-corrected chi connectivity index (χ1v) is 11.2. The van der Waals surface area contributed by atoms with Gasteiger partial charge in [-0.2, -0.15) is 0 Å². The molecule has 2 aromatic rings. The number of carbonyl (C=O) groups excluding carboxylic acids is 3. The lowest BCUT2D eigenvalue weighted by molar-refractivity contribution is 0.0317. The summed E-state index contributed by atoms with van der Waals surface area (Å²) in [5, 5.41) is 0. The minimum Gasteiger partial charge on any atom is -0.460 e. The average Bonchev–Trinajstić information content (AvgIpc) is 3.02. The number of imide groups is 1. The molecule has 0 unspecified atom stereocenters. The number of carbonyl (C=O) groups is 3. The molecule has 0 spiro atoms. The minimum atomic E-state index is -0.633. The Labute approximate surface area is 189 Å². The van der Waals surface area contributed by atoms with E-state index in [4.69, 9.17) is 9.47 Å². The summed E-state index contributed by atoms with van der Waals surface area (Å²) in [5.41, 5.74) is 2.89. The SMILES string of the molecule is CCCOCCOC(=O)c1cccc2c1C(=O)N(c1c(C(C)C)cccc1C(C)C)C2=O. The largest absolute Gasteiger partial charge is 0.460 e. The van der Waals surface area contributed by atoms with Crippen LogP contribution in [0.2, 0.25) is 0 Å². The number of benzene rings is 2.